The molecule has 0 aliphatic rings. The number of rotatable bonds is 11. The second-order valence-electron chi connectivity index (χ2n) is 5.72. The fourth-order valence-corrected chi connectivity index (χ4v) is 2.23. The molecule has 0 aliphatic carbocycles. The molecule has 1 aromatic carbocycles. The number of aryl methyl sites for hydroxylation is 1. The van der Waals surface area contributed by atoms with E-state index < -0.39 is 0 Å². The van der Waals surface area contributed by atoms with Crippen molar-refractivity contribution in [3.63, 3.8) is 0 Å². The second-order valence-corrected chi connectivity index (χ2v) is 5.72. The van der Waals surface area contributed by atoms with Crippen molar-refractivity contribution < 1.29 is 9.90 Å². The minimum atomic E-state index is 0.00212. The molecule has 2 N–H and O–H groups in total. The molecule has 0 aliphatic heterocycles. The summed E-state index contributed by atoms with van der Waals surface area (Å²) in [7, 11) is 0. The summed E-state index contributed by atoms with van der Waals surface area (Å²) in [6.45, 7) is 2.23. The topological polar surface area (TPSA) is 49.3 Å². The number of carbonyl (C=O) groups excluding carboxylic acids is 1. The molecular weight excluding hydrogens is 286 g/mol. The van der Waals surface area contributed by atoms with Crippen molar-refractivity contribution >= 4 is 5.91 Å². The first-order chi connectivity index (χ1) is 11.2. The van der Waals surface area contributed by atoms with Gasteiger partial charge in [0.05, 0.1) is 0 Å². The van der Waals surface area contributed by atoms with Crippen molar-refractivity contribution in [2.24, 2.45) is 0 Å². The number of nitrogens with one attached hydrogen (secondary N) is 1. The van der Waals surface area contributed by atoms with Crippen LogP contribution in [0.5, 0.6) is 5.75 Å². The van der Waals surface area contributed by atoms with Crippen molar-refractivity contribution in [2.75, 3.05) is 0 Å². The van der Waals surface area contributed by atoms with Crippen LogP contribution >= 0.6 is 0 Å². The largest absolute Gasteiger partial charge is 0.508 e. The van der Waals surface area contributed by atoms with Gasteiger partial charge in [-0.15, -0.1) is 0 Å². The van der Waals surface area contributed by atoms with E-state index in [1.54, 1.807) is 18.3 Å². The van der Waals surface area contributed by atoms with Crippen molar-refractivity contribution in [2.45, 2.75) is 58.3 Å². The summed E-state index contributed by atoms with van der Waals surface area (Å²) in [6.07, 6.45) is 16.4. The highest BCUT2D eigenvalue weighted by molar-refractivity contribution is 5.77. The highest BCUT2D eigenvalue weighted by Crippen LogP contribution is 2.11. The Hall–Kier alpha value is -2.03. The van der Waals surface area contributed by atoms with Gasteiger partial charge in [0, 0.05) is 12.6 Å². The molecule has 1 rings (SSSR count). The van der Waals surface area contributed by atoms with Gasteiger partial charge < -0.3 is 10.4 Å². The van der Waals surface area contributed by atoms with Gasteiger partial charge in [-0.3, -0.25) is 4.79 Å². The zero-order chi connectivity index (χ0) is 16.8. The molecule has 3 heteroatoms. The number of phenols is 1. The molecule has 0 saturated heterocycles. The highest BCUT2D eigenvalue weighted by Gasteiger charge is 2.00. The van der Waals surface area contributed by atoms with Crippen LogP contribution in [0.15, 0.2) is 48.7 Å². The first kappa shape index (κ1) is 19.0. The third kappa shape index (κ3) is 10.3. The van der Waals surface area contributed by atoms with Crippen LogP contribution in [0, 0.1) is 0 Å². The van der Waals surface area contributed by atoms with Gasteiger partial charge in [0.1, 0.15) is 5.75 Å². The van der Waals surface area contributed by atoms with E-state index >= 15 is 0 Å². The van der Waals surface area contributed by atoms with Crippen LogP contribution in [0.2, 0.25) is 0 Å². The Kier molecular flexibility index (Phi) is 10.3. The van der Waals surface area contributed by atoms with Gasteiger partial charge in [-0.25, -0.2) is 0 Å². The lowest BCUT2D eigenvalue weighted by molar-refractivity contribution is -0.120. The van der Waals surface area contributed by atoms with E-state index in [4.69, 9.17) is 0 Å². The monoisotopic (exact) mass is 315 g/mol. The SMILES string of the molecule is CCCCCCCC=CC=CNC(=O)CCc1ccc(O)cc1. The molecule has 3 nitrogen and oxygen atoms in total. The second kappa shape index (κ2) is 12.5. The number of benzene rings is 1. The number of phenolic OH excluding ortho intramolecular Hbond substituents is 1. The summed E-state index contributed by atoms with van der Waals surface area (Å²) < 4.78 is 0. The van der Waals surface area contributed by atoms with Crippen LogP contribution < -0.4 is 5.32 Å². The third-order valence-electron chi connectivity index (χ3n) is 3.64. The molecule has 0 spiro atoms. The Morgan fingerprint density at radius 3 is 2.57 bits per heavy atom. The van der Waals surface area contributed by atoms with Crippen molar-refractivity contribution in [3.05, 3.63) is 54.3 Å². The summed E-state index contributed by atoms with van der Waals surface area (Å²) >= 11 is 0. The van der Waals surface area contributed by atoms with Gasteiger partial charge in [0.25, 0.3) is 0 Å². The van der Waals surface area contributed by atoms with Gasteiger partial charge in [0.15, 0.2) is 0 Å². The van der Waals surface area contributed by atoms with Gasteiger partial charge in [-0.2, -0.15) is 0 Å². The maximum atomic E-state index is 11.7. The average Bonchev–Trinajstić information content (AvgIpc) is 2.56. The fraction of sp³-hybridized carbons (Fsp3) is 0.450. The van der Waals surface area contributed by atoms with Crippen molar-refractivity contribution in [1.82, 2.24) is 5.32 Å². The number of carbonyl (C=O) groups is 1. The van der Waals surface area contributed by atoms with E-state index in [1.165, 1.54) is 32.1 Å². The van der Waals surface area contributed by atoms with Crippen LogP contribution in [0.3, 0.4) is 0 Å². The van der Waals surface area contributed by atoms with E-state index in [1.807, 2.05) is 24.3 Å². The molecule has 0 unspecified atom stereocenters. The lowest BCUT2D eigenvalue weighted by Gasteiger charge is -2.01. The Bertz CT molecular complexity index is 489. The molecule has 0 saturated carbocycles. The summed E-state index contributed by atoms with van der Waals surface area (Å²) in [5.41, 5.74) is 1.05. The molecule has 0 heterocycles. The summed E-state index contributed by atoms with van der Waals surface area (Å²) in [5, 5.41) is 12.0. The molecule has 126 valence electrons. The van der Waals surface area contributed by atoms with Crippen LogP contribution in [-0.4, -0.2) is 11.0 Å². The van der Waals surface area contributed by atoms with E-state index in [0.29, 0.717) is 12.8 Å². The Morgan fingerprint density at radius 1 is 1.09 bits per heavy atom. The maximum absolute atomic E-state index is 11.7. The smallest absolute Gasteiger partial charge is 0.224 e. The predicted octanol–water partition coefficient (Wildman–Crippen LogP) is 4.87. The minimum absolute atomic E-state index is 0.00212. The van der Waals surface area contributed by atoms with Crippen molar-refractivity contribution in [3.8, 4) is 5.75 Å². The Morgan fingerprint density at radius 2 is 1.83 bits per heavy atom. The lowest BCUT2D eigenvalue weighted by Crippen LogP contribution is -2.17. The molecule has 0 fully saturated rings. The van der Waals surface area contributed by atoms with E-state index in [2.05, 4.69) is 18.3 Å². The summed E-state index contributed by atoms with van der Waals surface area (Å²) in [5.74, 6) is 0.251. The van der Waals surface area contributed by atoms with Crippen molar-refractivity contribution in [1.29, 1.82) is 0 Å². The summed E-state index contributed by atoms with van der Waals surface area (Å²) in [6, 6.07) is 6.95. The normalized spacial score (nSPS) is 11.3. The first-order valence-electron chi connectivity index (χ1n) is 8.61. The van der Waals surface area contributed by atoms with Gasteiger partial charge in [-0.05, 0) is 43.0 Å². The third-order valence-corrected chi connectivity index (χ3v) is 3.64. The quantitative estimate of drug-likeness (QED) is 0.452. The molecule has 0 atom stereocenters. The van der Waals surface area contributed by atoms with E-state index in [0.717, 1.165) is 12.0 Å². The van der Waals surface area contributed by atoms with E-state index in [9.17, 15) is 9.90 Å². The molecule has 1 aromatic rings. The highest BCUT2D eigenvalue weighted by atomic mass is 16.3. The maximum Gasteiger partial charge on any atom is 0.224 e. The number of unbranched alkanes of at least 4 members (excludes halogenated alkanes) is 5. The number of hydrogen-bond acceptors (Lipinski definition) is 2. The number of amides is 1. The number of allylic oxidation sites excluding steroid dienone is 3. The molecule has 23 heavy (non-hydrogen) atoms. The molecule has 0 aromatic heterocycles. The molecule has 0 bridgehead atoms. The molecule has 1 amide bonds. The summed E-state index contributed by atoms with van der Waals surface area (Å²) in [4.78, 5) is 11.7. The van der Waals surface area contributed by atoms with E-state index in [-0.39, 0.29) is 11.7 Å². The first-order valence-corrected chi connectivity index (χ1v) is 8.61. The zero-order valence-corrected chi connectivity index (χ0v) is 14.1. The lowest BCUT2D eigenvalue weighted by atomic mass is 10.1. The average molecular weight is 315 g/mol. The Balaban J connectivity index is 2.07. The number of aromatic hydroxyl groups is 1. The Labute approximate surface area is 140 Å². The van der Waals surface area contributed by atoms with Crippen LogP contribution in [0.1, 0.15) is 57.4 Å². The predicted molar refractivity (Wildman–Crippen MR) is 96.2 cm³/mol. The molecular formula is C20H29NO2. The standard InChI is InChI=1S/C20H29NO2/c1-2-3-4-5-6-7-8-9-10-17-21-20(23)16-13-18-11-14-19(22)15-12-18/h8-12,14-15,17,22H,2-7,13,16H2,1H3,(H,21,23). The van der Waals surface area contributed by atoms with Crippen LogP contribution in [-0.2, 0) is 11.2 Å². The number of hydrogen-bond donors (Lipinski definition) is 2. The van der Waals surface area contributed by atoms with Crippen LogP contribution in [0.4, 0.5) is 0 Å². The van der Waals surface area contributed by atoms with Crippen LogP contribution in [0.25, 0.3) is 0 Å². The zero-order valence-electron chi connectivity index (χ0n) is 14.1. The fourth-order valence-electron chi connectivity index (χ4n) is 2.23. The van der Waals surface area contributed by atoms with Gasteiger partial charge in [-0.1, -0.05) is 56.9 Å². The van der Waals surface area contributed by atoms with Gasteiger partial charge >= 0.3 is 0 Å². The minimum Gasteiger partial charge on any atom is -0.508 e. The van der Waals surface area contributed by atoms with Gasteiger partial charge in [0.2, 0.25) is 5.91 Å². The molecule has 0 radical (unpaired) electrons.